The van der Waals surface area contributed by atoms with E-state index >= 15 is 0 Å². The molecule has 10 rings (SSSR count). The highest BCUT2D eigenvalue weighted by Gasteiger charge is 2.18. The molecule has 0 aliphatic rings. The lowest BCUT2D eigenvalue weighted by Crippen LogP contribution is -2.00. The van der Waals surface area contributed by atoms with Crippen molar-refractivity contribution in [2.75, 3.05) is 0 Å². The molecule has 0 fully saturated rings. The predicted octanol–water partition coefficient (Wildman–Crippen LogP) is 11.0. The summed E-state index contributed by atoms with van der Waals surface area (Å²) in [6, 6.07) is 50.6. The third-order valence-electron chi connectivity index (χ3n) is 9.68. The molecular formula is C46H28N6. The van der Waals surface area contributed by atoms with Gasteiger partial charge in [0.2, 0.25) is 0 Å². The van der Waals surface area contributed by atoms with Crippen LogP contribution in [0.4, 0.5) is 0 Å². The lowest BCUT2D eigenvalue weighted by molar-refractivity contribution is 1.07. The molecule has 0 N–H and O–H groups in total. The number of fused-ring (bicyclic) bond motifs is 8. The third kappa shape index (κ3) is 5.05. The Balaban J connectivity index is 1.15. The zero-order valence-corrected chi connectivity index (χ0v) is 27.8. The second kappa shape index (κ2) is 12.3. The SMILES string of the molecule is c1cc(-c2cccc(-c3nc4ccccc4c4c5ccccc5c5ccccc5c34)c2)cc(-c2nc(-c3ccncc3)nc(-c3ccncc3)n2)c1. The topological polar surface area (TPSA) is 77.3 Å². The number of rotatable bonds is 5. The largest absolute Gasteiger partial charge is 0.265 e. The van der Waals surface area contributed by atoms with Crippen LogP contribution in [0.15, 0.2) is 170 Å². The maximum Gasteiger partial charge on any atom is 0.164 e. The smallest absolute Gasteiger partial charge is 0.164 e. The molecule has 0 unspecified atom stereocenters. The molecule has 10 aromatic rings. The van der Waals surface area contributed by atoms with Crippen molar-refractivity contribution in [2.24, 2.45) is 0 Å². The minimum atomic E-state index is 0.584. The summed E-state index contributed by atoms with van der Waals surface area (Å²) in [6.07, 6.45) is 6.99. The molecule has 4 aromatic heterocycles. The average molecular weight is 665 g/mol. The maximum atomic E-state index is 5.37. The van der Waals surface area contributed by atoms with Gasteiger partial charge in [0, 0.05) is 63.2 Å². The first-order valence-electron chi connectivity index (χ1n) is 17.2. The molecule has 0 aliphatic heterocycles. The first-order chi connectivity index (χ1) is 25.8. The van der Waals surface area contributed by atoms with Crippen molar-refractivity contribution in [1.29, 1.82) is 0 Å². The molecule has 4 heterocycles. The van der Waals surface area contributed by atoms with Crippen LogP contribution in [0.1, 0.15) is 0 Å². The number of hydrogen-bond donors (Lipinski definition) is 0. The summed E-state index contributed by atoms with van der Waals surface area (Å²) >= 11 is 0. The van der Waals surface area contributed by atoms with Gasteiger partial charge in [-0.15, -0.1) is 0 Å². The minimum absolute atomic E-state index is 0.584. The standard InChI is InChI=1S/C46H28N6/c1-3-15-37-35(13-1)36-14-2-4-16-38(36)42-41(37)39-17-5-6-18-40(39)49-43(42)33-11-7-9-31(27-33)32-10-8-12-34(28-32)46-51-44(29-19-23-47-24-20-29)50-45(52-46)30-21-25-48-26-22-30/h1-28H. The fourth-order valence-electron chi connectivity index (χ4n) is 7.28. The molecule has 0 amide bonds. The number of nitrogens with zero attached hydrogens (tertiary/aromatic N) is 6. The molecule has 242 valence electrons. The van der Waals surface area contributed by atoms with Crippen LogP contribution >= 0.6 is 0 Å². The van der Waals surface area contributed by atoms with E-state index in [4.69, 9.17) is 19.9 Å². The Labute approximate surface area is 299 Å². The van der Waals surface area contributed by atoms with E-state index in [0.717, 1.165) is 55.4 Å². The average Bonchev–Trinajstić information content (AvgIpc) is 3.24. The van der Waals surface area contributed by atoms with Crippen molar-refractivity contribution in [1.82, 2.24) is 29.9 Å². The number of benzene rings is 6. The summed E-state index contributed by atoms with van der Waals surface area (Å²) in [5, 5.41) is 8.44. The Morgan fingerprint density at radius 3 is 1.33 bits per heavy atom. The number of aromatic nitrogens is 6. The van der Waals surface area contributed by atoms with Gasteiger partial charge in [0.1, 0.15) is 0 Å². The summed E-state index contributed by atoms with van der Waals surface area (Å²) in [7, 11) is 0. The van der Waals surface area contributed by atoms with Gasteiger partial charge in [-0.25, -0.2) is 19.9 Å². The molecule has 0 aliphatic carbocycles. The lowest BCUT2D eigenvalue weighted by atomic mass is 9.89. The Kier molecular flexibility index (Phi) is 7.03. The van der Waals surface area contributed by atoms with Crippen LogP contribution in [0.5, 0.6) is 0 Å². The molecule has 0 saturated carbocycles. The lowest BCUT2D eigenvalue weighted by Gasteiger charge is -2.16. The van der Waals surface area contributed by atoms with Crippen LogP contribution in [0.3, 0.4) is 0 Å². The van der Waals surface area contributed by atoms with Gasteiger partial charge >= 0.3 is 0 Å². The van der Waals surface area contributed by atoms with Crippen molar-refractivity contribution in [3.05, 3.63) is 170 Å². The van der Waals surface area contributed by atoms with Crippen LogP contribution in [0, 0.1) is 0 Å². The van der Waals surface area contributed by atoms with Gasteiger partial charge in [-0.2, -0.15) is 0 Å². The summed E-state index contributed by atoms with van der Waals surface area (Å²) < 4.78 is 0. The van der Waals surface area contributed by atoms with Crippen LogP contribution < -0.4 is 0 Å². The van der Waals surface area contributed by atoms with E-state index in [1.54, 1.807) is 24.8 Å². The molecule has 6 nitrogen and oxygen atoms in total. The molecule has 6 aromatic carbocycles. The van der Waals surface area contributed by atoms with Crippen LogP contribution in [-0.4, -0.2) is 29.9 Å². The molecule has 0 spiro atoms. The van der Waals surface area contributed by atoms with Gasteiger partial charge in [-0.3, -0.25) is 9.97 Å². The van der Waals surface area contributed by atoms with Crippen LogP contribution in [-0.2, 0) is 0 Å². The van der Waals surface area contributed by atoms with E-state index in [2.05, 4.69) is 125 Å². The number of hydrogen-bond acceptors (Lipinski definition) is 6. The van der Waals surface area contributed by atoms with E-state index in [0.29, 0.717) is 17.5 Å². The fourth-order valence-corrected chi connectivity index (χ4v) is 7.28. The second-order valence-electron chi connectivity index (χ2n) is 12.8. The highest BCUT2D eigenvalue weighted by Crippen LogP contribution is 2.43. The van der Waals surface area contributed by atoms with Crippen molar-refractivity contribution >= 4 is 43.2 Å². The summed E-state index contributed by atoms with van der Waals surface area (Å²) in [4.78, 5) is 28.4. The monoisotopic (exact) mass is 664 g/mol. The summed E-state index contributed by atoms with van der Waals surface area (Å²) in [5.41, 5.74) is 7.75. The van der Waals surface area contributed by atoms with Gasteiger partial charge in [0.15, 0.2) is 17.5 Å². The molecule has 52 heavy (non-hydrogen) atoms. The highest BCUT2D eigenvalue weighted by atomic mass is 15.0. The Morgan fingerprint density at radius 2 is 0.731 bits per heavy atom. The van der Waals surface area contributed by atoms with Crippen molar-refractivity contribution in [3.8, 4) is 56.5 Å². The molecular weight excluding hydrogens is 637 g/mol. The zero-order chi connectivity index (χ0) is 34.4. The van der Waals surface area contributed by atoms with Gasteiger partial charge in [-0.1, -0.05) is 103 Å². The van der Waals surface area contributed by atoms with Gasteiger partial charge in [-0.05, 0) is 75.1 Å². The van der Waals surface area contributed by atoms with Gasteiger partial charge < -0.3 is 0 Å². The molecule has 0 radical (unpaired) electrons. The van der Waals surface area contributed by atoms with Crippen molar-refractivity contribution in [2.45, 2.75) is 0 Å². The van der Waals surface area contributed by atoms with E-state index in [-0.39, 0.29) is 0 Å². The normalized spacial score (nSPS) is 11.5. The van der Waals surface area contributed by atoms with Crippen molar-refractivity contribution in [3.63, 3.8) is 0 Å². The number of para-hydroxylation sites is 1. The number of pyridine rings is 3. The Bertz CT molecular complexity index is 2900. The predicted molar refractivity (Wildman–Crippen MR) is 210 cm³/mol. The second-order valence-corrected chi connectivity index (χ2v) is 12.8. The van der Waals surface area contributed by atoms with E-state index < -0.39 is 0 Å². The quantitative estimate of drug-likeness (QED) is 0.170. The first-order valence-corrected chi connectivity index (χ1v) is 17.2. The van der Waals surface area contributed by atoms with Crippen molar-refractivity contribution < 1.29 is 0 Å². The zero-order valence-electron chi connectivity index (χ0n) is 27.8. The Morgan fingerprint density at radius 1 is 0.288 bits per heavy atom. The van der Waals surface area contributed by atoms with Crippen LogP contribution in [0.25, 0.3) is 99.8 Å². The van der Waals surface area contributed by atoms with E-state index in [1.165, 1.54) is 26.9 Å². The third-order valence-corrected chi connectivity index (χ3v) is 9.68. The maximum absolute atomic E-state index is 5.37. The van der Waals surface area contributed by atoms with Gasteiger partial charge in [0.05, 0.1) is 11.2 Å². The highest BCUT2D eigenvalue weighted by molar-refractivity contribution is 6.33. The molecule has 0 bridgehead atoms. The fraction of sp³-hybridized carbons (Fsp3) is 0. The van der Waals surface area contributed by atoms with E-state index in [9.17, 15) is 0 Å². The molecule has 0 saturated heterocycles. The first kappa shape index (κ1) is 29.7. The van der Waals surface area contributed by atoms with Gasteiger partial charge in [0.25, 0.3) is 0 Å². The minimum Gasteiger partial charge on any atom is -0.265 e. The molecule has 0 atom stereocenters. The Hall–Kier alpha value is -7.18. The van der Waals surface area contributed by atoms with Crippen LogP contribution in [0.2, 0.25) is 0 Å². The molecule has 6 heteroatoms. The van der Waals surface area contributed by atoms with E-state index in [1.807, 2.05) is 30.3 Å². The summed E-state index contributed by atoms with van der Waals surface area (Å²) in [6.45, 7) is 0. The summed E-state index contributed by atoms with van der Waals surface area (Å²) in [5.74, 6) is 1.76.